The average molecular weight is 263 g/mol. The van der Waals surface area contributed by atoms with Crippen LogP contribution in [0.4, 0.5) is 5.69 Å². The van der Waals surface area contributed by atoms with Crippen molar-refractivity contribution in [3.05, 3.63) is 18.2 Å². The summed E-state index contributed by atoms with van der Waals surface area (Å²) in [5.41, 5.74) is 0.651. The van der Waals surface area contributed by atoms with Crippen molar-refractivity contribution >= 4 is 17.6 Å². The highest BCUT2D eigenvalue weighted by molar-refractivity contribution is 6.07. The van der Waals surface area contributed by atoms with Crippen LogP contribution in [0.3, 0.4) is 0 Å². The number of ether oxygens (including phenoxy) is 2. The molecular weight excluding hydrogens is 250 g/mol. The molecule has 1 saturated heterocycles. The molecule has 1 N–H and O–H groups in total. The number of fused-ring (bicyclic) bond motifs is 1. The minimum atomic E-state index is -1.06. The average Bonchev–Trinajstić information content (AvgIpc) is 2.80. The van der Waals surface area contributed by atoms with Gasteiger partial charge in [0, 0.05) is 18.3 Å². The summed E-state index contributed by atoms with van der Waals surface area (Å²) in [6.07, 6.45) is 0.336. The number of nitrogens with zero attached hydrogens (tertiary/aromatic N) is 1. The van der Waals surface area contributed by atoms with Gasteiger partial charge < -0.3 is 19.5 Å². The molecule has 0 radical (unpaired) electrons. The fraction of sp³-hybridized carbons (Fsp3) is 0.385. The van der Waals surface area contributed by atoms with Crippen molar-refractivity contribution in [2.45, 2.75) is 6.42 Å². The fourth-order valence-electron chi connectivity index (χ4n) is 2.37. The number of amides is 1. The smallest absolute Gasteiger partial charge is 0.316 e. The predicted octanol–water partition coefficient (Wildman–Crippen LogP) is 0.895. The largest absolute Gasteiger partial charge is 0.486 e. The number of carbonyl (C=O) groups is 2. The summed E-state index contributed by atoms with van der Waals surface area (Å²) in [6.45, 7) is 1.40. The van der Waals surface area contributed by atoms with Crippen molar-refractivity contribution in [1.29, 1.82) is 0 Å². The standard InChI is InChI=1S/C13H13NO5/c15-12-9(13(16)17)3-4-14(12)8-1-2-10-11(7-8)19-6-5-18-10/h1-2,7,9H,3-6H2,(H,16,17)/t9-/m0/s1. The third-order valence-electron chi connectivity index (χ3n) is 3.34. The van der Waals surface area contributed by atoms with Crippen molar-refractivity contribution in [1.82, 2.24) is 0 Å². The van der Waals surface area contributed by atoms with Crippen molar-refractivity contribution < 1.29 is 24.2 Å². The molecule has 0 aromatic heterocycles. The molecule has 2 aliphatic heterocycles. The van der Waals surface area contributed by atoms with E-state index in [1.54, 1.807) is 18.2 Å². The Kier molecular flexibility index (Phi) is 2.77. The van der Waals surface area contributed by atoms with Crippen LogP contribution in [0, 0.1) is 5.92 Å². The first kappa shape index (κ1) is 11.8. The zero-order chi connectivity index (χ0) is 13.4. The summed E-state index contributed by atoms with van der Waals surface area (Å²) in [4.78, 5) is 24.4. The van der Waals surface area contributed by atoms with Crippen LogP contribution in [0.15, 0.2) is 18.2 Å². The van der Waals surface area contributed by atoms with Gasteiger partial charge in [-0.05, 0) is 18.6 Å². The maximum atomic E-state index is 12.0. The van der Waals surface area contributed by atoms with E-state index in [9.17, 15) is 9.59 Å². The van der Waals surface area contributed by atoms with Gasteiger partial charge >= 0.3 is 5.97 Å². The first-order valence-corrected chi connectivity index (χ1v) is 6.10. The van der Waals surface area contributed by atoms with Gasteiger partial charge in [0.15, 0.2) is 11.5 Å². The highest BCUT2D eigenvalue weighted by Gasteiger charge is 2.37. The molecule has 0 bridgehead atoms. The number of anilines is 1. The van der Waals surface area contributed by atoms with Crippen LogP contribution < -0.4 is 14.4 Å². The molecule has 3 rings (SSSR count). The Hall–Kier alpha value is -2.24. The molecule has 6 heteroatoms. The lowest BCUT2D eigenvalue weighted by atomic mass is 10.1. The Morgan fingerprint density at radius 1 is 1.26 bits per heavy atom. The van der Waals surface area contributed by atoms with E-state index < -0.39 is 11.9 Å². The summed E-state index contributed by atoms with van der Waals surface area (Å²) in [6, 6.07) is 5.21. The van der Waals surface area contributed by atoms with E-state index in [4.69, 9.17) is 14.6 Å². The molecule has 6 nitrogen and oxygen atoms in total. The van der Waals surface area contributed by atoms with Crippen LogP contribution in [-0.2, 0) is 9.59 Å². The number of carboxylic acid groups (broad SMARTS) is 1. The van der Waals surface area contributed by atoms with E-state index in [0.29, 0.717) is 43.4 Å². The molecule has 0 unspecified atom stereocenters. The maximum Gasteiger partial charge on any atom is 0.316 e. The molecule has 1 fully saturated rings. The van der Waals surface area contributed by atoms with Gasteiger partial charge in [-0.15, -0.1) is 0 Å². The summed E-state index contributed by atoms with van der Waals surface area (Å²) < 4.78 is 10.9. The van der Waals surface area contributed by atoms with E-state index in [2.05, 4.69) is 0 Å². The second kappa shape index (κ2) is 4.46. The van der Waals surface area contributed by atoms with Crippen molar-refractivity contribution in [2.24, 2.45) is 5.92 Å². The number of benzene rings is 1. The summed E-state index contributed by atoms with van der Waals surface area (Å²) in [7, 11) is 0. The van der Waals surface area contributed by atoms with Crippen LogP contribution >= 0.6 is 0 Å². The summed E-state index contributed by atoms with van der Waals surface area (Å²) in [5, 5.41) is 8.95. The van der Waals surface area contributed by atoms with Crippen LogP contribution in [0.1, 0.15) is 6.42 Å². The normalized spacial score (nSPS) is 21.6. The van der Waals surface area contributed by atoms with Gasteiger partial charge in [0.25, 0.3) is 0 Å². The Bertz CT molecular complexity index is 542. The van der Waals surface area contributed by atoms with Crippen LogP contribution in [-0.4, -0.2) is 36.7 Å². The topological polar surface area (TPSA) is 76.1 Å². The van der Waals surface area contributed by atoms with Gasteiger partial charge in [-0.3, -0.25) is 9.59 Å². The molecule has 100 valence electrons. The Balaban J connectivity index is 1.87. The molecule has 1 amide bonds. The molecular formula is C13H13NO5. The SMILES string of the molecule is O=C(O)[C@H]1CCN(c2ccc3c(c2)OCCO3)C1=O. The quantitative estimate of drug-likeness (QED) is 0.802. The molecule has 2 aliphatic rings. The molecule has 1 atom stereocenters. The maximum absolute atomic E-state index is 12.0. The zero-order valence-electron chi connectivity index (χ0n) is 10.2. The van der Waals surface area contributed by atoms with E-state index in [-0.39, 0.29) is 5.91 Å². The van der Waals surface area contributed by atoms with Gasteiger partial charge in [-0.25, -0.2) is 0 Å². The van der Waals surface area contributed by atoms with Gasteiger partial charge in [0.2, 0.25) is 5.91 Å². The Morgan fingerprint density at radius 3 is 2.68 bits per heavy atom. The first-order valence-electron chi connectivity index (χ1n) is 6.10. The van der Waals surface area contributed by atoms with E-state index in [0.717, 1.165) is 0 Å². The molecule has 1 aromatic carbocycles. The number of rotatable bonds is 2. The van der Waals surface area contributed by atoms with Gasteiger partial charge in [-0.1, -0.05) is 0 Å². The van der Waals surface area contributed by atoms with Crippen LogP contribution in [0.5, 0.6) is 11.5 Å². The highest BCUT2D eigenvalue weighted by Crippen LogP contribution is 2.35. The molecule has 19 heavy (non-hydrogen) atoms. The number of hydrogen-bond donors (Lipinski definition) is 1. The molecule has 0 aliphatic carbocycles. The van der Waals surface area contributed by atoms with Gasteiger partial charge in [-0.2, -0.15) is 0 Å². The number of aliphatic carboxylic acids is 1. The number of carbonyl (C=O) groups excluding carboxylic acids is 1. The minimum Gasteiger partial charge on any atom is -0.486 e. The van der Waals surface area contributed by atoms with Gasteiger partial charge in [0.1, 0.15) is 19.1 Å². The van der Waals surface area contributed by atoms with Crippen LogP contribution in [0.2, 0.25) is 0 Å². The van der Waals surface area contributed by atoms with E-state index in [1.807, 2.05) is 0 Å². The molecule has 0 spiro atoms. The third-order valence-corrected chi connectivity index (χ3v) is 3.34. The molecule has 0 saturated carbocycles. The zero-order valence-corrected chi connectivity index (χ0v) is 10.2. The second-order valence-electron chi connectivity index (χ2n) is 4.50. The van der Waals surface area contributed by atoms with E-state index >= 15 is 0 Å². The fourth-order valence-corrected chi connectivity index (χ4v) is 2.37. The van der Waals surface area contributed by atoms with E-state index in [1.165, 1.54) is 4.90 Å². The number of hydrogen-bond acceptors (Lipinski definition) is 4. The highest BCUT2D eigenvalue weighted by atomic mass is 16.6. The second-order valence-corrected chi connectivity index (χ2v) is 4.50. The van der Waals surface area contributed by atoms with Crippen molar-refractivity contribution in [2.75, 3.05) is 24.7 Å². The lowest BCUT2D eigenvalue weighted by Crippen LogP contribution is -2.30. The van der Waals surface area contributed by atoms with Crippen molar-refractivity contribution in [3.8, 4) is 11.5 Å². The Labute approximate surface area is 109 Å². The third kappa shape index (κ3) is 1.99. The summed E-state index contributed by atoms with van der Waals surface area (Å²) in [5.74, 6) is -1.13. The van der Waals surface area contributed by atoms with Crippen LogP contribution in [0.25, 0.3) is 0 Å². The monoisotopic (exact) mass is 263 g/mol. The molecule has 1 aromatic rings. The Morgan fingerprint density at radius 2 is 2.00 bits per heavy atom. The van der Waals surface area contributed by atoms with Gasteiger partial charge in [0.05, 0.1) is 0 Å². The van der Waals surface area contributed by atoms with Crippen molar-refractivity contribution in [3.63, 3.8) is 0 Å². The molecule has 2 heterocycles. The lowest BCUT2D eigenvalue weighted by molar-refractivity contribution is -0.144. The lowest BCUT2D eigenvalue weighted by Gasteiger charge is -2.22. The number of carboxylic acids is 1. The minimum absolute atomic E-state index is 0.336. The first-order chi connectivity index (χ1) is 9.16. The summed E-state index contributed by atoms with van der Waals surface area (Å²) >= 11 is 0. The predicted molar refractivity (Wildman–Crippen MR) is 65.5 cm³/mol.